The number of aromatic nitrogens is 2. The molecule has 2 heterocycles. The number of hydrogen-bond acceptors (Lipinski definition) is 7. The standard InChI is InChI=1S/C30H42F2N8O3/c1-30(2,34)27(41)37-11-13-38(14-12-37)28(42)35-26-9-10-40(29(43)36-26)22-15-24(31)23(25(32)16-22)18-39(17-19-3-4-19)21-7-5-20(33)6-8-21/h9-10,15-16,19-21H,3-8,11-14,17-18,33-34H2,1-2H3,(H,35,36,42,43). The maximum absolute atomic E-state index is 15.4. The quantitative estimate of drug-likeness (QED) is 0.422. The Morgan fingerprint density at radius 2 is 1.63 bits per heavy atom. The molecule has 0 spiro atoms. The highest BCUT2D eigenvalue weighted by molar-refractivity contribution is 5.89. The molecule has 1 saturated heterocycles. The second-order valence-electron chi connectivity index (χ2n) is 12.7. The van der Waals surface area contributed by atoms with Crippen LogP contribution in [0.2, 0.25) is 0 Å². The van der Waals surface area contributed by atoms with Crippen molar-refractivity contribution in [2.75, 3.05) is 38.0 Å². The van der Waals surface area contributed by atoms with Gasteiger partial charge in [-0.25, -0.2) is 18.4 Å². The zero-order valence-corrected chi connectivity index (χ0v) is 24.9. The number of carbonyl (C=O) groups excluding carboxylic acids is 2. The van der Waals surface area contributed by atoms with E-state index in [9.17, 15) is 14.4 Å². The Morgan fingerprint density at radius 3 is 2.19 bits per heavy atom. The molecule has 2 saturated carbocycles. The highest BCUT2D eigenvalue weighted by Gasteiger charge is 2.33. The molecule has 0 atom stereocenters. The van der Waals surface area contributed by atoms with Crippen molar-refractivity contribution in [3.8, 4) is 5.69 Å². The van der Waals surface area contributed by atoms with Gasteiger partial charge in [0.2, 0.25) is 5.91 Å². The van der Waals surface area contributed by atoms with Crippen molar-refractivity contribution in [2.45, 2.75) is 76.5 Å². The molecule has 234 valence electrons. The van der Waals surface area contributed by atoms with Crippen LogP contribution in [-0.2, 0) is 11.3 Å². The summed E-state index contributed by atoms with van der Waals surface area (Å²) in [6.07, 6.45) is 7.26. The molecule has 2 aliphatic carbocycles. The van der Waals surface area contributed by atoms with Gasteiger partial charge < -0.3 is 21.3 Å². The van der Waals surface area contributed by atoms with Crippen LogP contribution < -0.4 is 22.5 Å². The molecular weight excluding hydrogens is 558 g/mol. The zero-order chi connectivity index (χ0) is 30.9. The predicted octanol–water partition coefficient (Wildman–Crippen LogP) is 2.41. The Labute approximate surface area is 250 Å². The fraction of sp³-hybridized carbons (Fsp3) is 0.600. The van der Waals surface area contributed by atoms with Gasteiger partial charge >= 0.3 is 11.7 Å². The summed E-state index contributed by atoms with van der Waals surface area (Å²) in [5.41, 5.74) is 10.2. The van der Waals surface area contributed by atoms with Gasteiger partial charge in [0, 0.05) is 63.1 Å². The lowest BCUT2D eigenvalue weighted by atomic mass is 9.90. The average molecular weight is 601 g/mol. The van der Waals surface area contributed by atoms with E-state index in [0.717, 1.165) is 61.8 Å². The van der Waals surface area contributed by atoms with E-state index in [-0.39, 0.29) is 41.6 Å². The summed E-state index contributed by atoms with van der Waals surface area (Å²) in [5.74, 6) is -1.05. The van der Waals surface area contributed by atoms with Crippen LogP contribution in [0.3, 0.4) is 0 Å². The number of urea groups is 1. The normalized spacial score (nSPS) is 21.3. The van der Waals surface area contributed by atoms with Crippen molar-refractivity contribution in [1.29, 1.82) is 0 Å². The second kappa shape index (κ2) is 12.7. The Kier molecular flexibility index (Phi) is 9.14. The number of piperazine rings is 1. The maximum atomic E-state index is 15.4. The van der Waals surface area contributed by atoms with Gasteiger partial charge in [-0.3, -0.25) is 19.6 Å². The van der Waals surface area contributed by atoms with E-state index in [4.69, 9.17) is 11.5 Å². The number of halogens is 2. The lowest BCUT2D eigenvalue weighted by Crippen LogP contribution is -2.58. The third-order valence-electron chi connectivity index (χ3n) is 8.66. The van der Waals surface area contributed by atoms with Gasteiger partial charge in [0.25, 0.3) is 0 Å². The van der Waals surface area contributed by atoms with Crippen molar-refractivity contribution in [3.63, 3.8) is 0 Å². The average Bonchev–Trinajstić information content (AvgIpc) is 3.78. The smallest absolute Gasteiger partial charge is 0.338 e. The third-order valence-corrected chi connectivity index (χ3v) is 8.66. The first-order valence-corrected chi connectivity index (χ1v) is 15.1. The van der Waals surface area contributed by atoms with Crippen LogP contribution in [0.15, 0.2) is 29.2 Å². The largest absolute Gasteiger partial charge is 0.354 e. The number of anilines is 1. The SMILES string of the molecule is CC(C)(N)C(=O)N1CCN(C(=O)Nc2ccn(-c3cc(F)c(CN(CC4CC4)C4CCC(N)CC4)c(F)c3)c(=O)n2)CC1. The summed E-state index contributed by atoms with van der Waals surface area (Å²) in [6, 6.07) is 3.66. The van der Waals surface area contributed by atoms with E-state index >= 15 is 8.78 Å². The summed E-state index contributed by atoms with van der Waals surface area (Å²) >= 11 is 0. The first kappa shape index (κ1) is 31.0. The molecule has 3 aliphatic rings. The molecule has 0 bridgehead atoms. The van der Waals surface area contributed by atoms with Crippen LogP contribution in [0.4, 0.5) is 19.4 Å². The van der Waals surface area contributed by atoms with Crippen LogP contribution in [0.25, 0.3) is 5.69 Å². The highest BCUT2D eigenvalue weighted by atomic mass is 19.1. The Hall–Kier alpha value is -3.42. The molecule has 5 rings (SSSR count). The molecule has 1 aromatic heterocycles. The summed E-state index contributed by atoms with van der Waals surface area (Å²) in [7, 11) is 0. The number of nitrogens with zero attached hydrogens (tertiary/aromatic N) is 5. The van der Waals surface area contributed by atoms with E-state index in [0.29, 0.717) is 32.1 Å². The van der Waals surface area contributed by atoms with Gasteiger partial charge in [-0.15, -0.1) is 0 Å². The van der Waals surface area contributed by atoms with E-state index in [1.165, 1.54) is 17.2 Å². The van der Waals surface area contributed by atoms with E-state index in [2.05, 4.69) is 15.2 Å². The molecule has 1 aliphatic heterocycles. The molecule has 0 unspecified atom stereocenters. The topological polar surface area (TPSA) is 143 Å². The van der Waals surface area contributed by atoms with Gasteiger partial charge in [-0.05, 0) is 76.5 Å². The van der Waals surface area contributed by atoms with Crippen LogP contribution >= 0.6 is 0 Å². The molecule has 5 N–H and O–H groups in total. The second-order valence-corrected chi connectivity index (χ2v) is 12.7. The van der Waals surface area contributed by atoms with E-state index < -0.39 is 28.9 Å². The van der Waals surface area contributed by atoms with Crippen molar-refractivity contribution in [3.05, 3.63) is 52.1 Å². The minimum absolute atomic E-state index is 0.00771. The van der Waals surface area contributed by atoms with Crippen molar-refractivity contribution in [2.24, 2.45) is 17.4 Å². The lowest BCUT2D eigenvalue weighted by molar-refractivity contribution is -0.137. The van der Waals surface area contributed by atoms with Crippen LogP contribution in [-0.4, -0.2) is 86.5 Å². The minimum atomic E-state index is -0.995. The first-order chi connectivity index (χ1) is 20.4. The lowest BCUT2D eigenvalue weighted by Gasteiger charge is -2.37. The summed E-state index contributed by atoms with van der Waals surface area (Å²) in [4.78, 5) is 47.2. The van der Waals surface area contributed by atoms with Crippen LogP contribution in [0, 0.1) is 17.6 Å². The number of carbonyl (C=O) groups is 2. The van der Waals surface area contributed by atoms with Gasteiger partial charge in [0.05, 0.1) is 11.2 Å². The molecule has 1 aromatic carbocycles. The highest BCUT2D eigenvalue weighted by Crippen LogP contribution is 2.34. The Morgan fingerprint density at radius 1 is 1.02 bits per heavy atom. The fourth-order valence-corrected chi connectivity index (χ4v) is 5.90. The molecule has 3 fully saturated rings. The maximum Gasteiger partial charge on any atom is 0.354 e. The number of nitrogens with one attached hydrogen (secondary N) is 1. The Bertz CT molecular complexity index is 1370. The van der Waals surface area contributed by atoms with Crippen LogP contribution in [0.1, 0.15) is 57.9 Å². The van der Waals surface area contributed by atoms with E-state index in [1.54, 1.807) is 18.7 Å². The number of nitrogens with two attached hydrogens (primary N) is 2. The molecular formula is C30H42F2N8O3. The van der Waals surface area contributed by atoms with Crippen molar-refractivity contribution >= 4 is 17.8 Å². The van der Waals surface area contributed by atoms with Gasteiger partial charge in [0.15, 0.2) is 0 Å². The summed E-state index contributed by atoms with van der Waals surface area (Å²) in [6.45, 7) is 5.51. The van der Waals surface area contributed by atoms with Crippen molar-refractivity contribution in [1.82, 2.24) is 24.3 Å². The minimum Gasteiger partial charge on any atom is -0.338 e. The molecule has 2 aromatic rings. The summed E-state index contributed by atoms with van der Waals surface area (Å²) in [5, 5.41) is 2.59. The first-order valence-electron chi connectivity index (χ1n) is 15.1. The van der Waals surface area contributed by atoms with Crippen molar-refractivity contribution < 1.29 is 18.4 Å². The number of hydrogen-bond donors (Lipinski definition) is 3. The van der Waals surface area contributed by atoms with Gasteiger partial charge in [-0.2, -0.15) is 4.98 Å². The number of benzene rings is 1. The summed E-state index contributed by atoms with van der Waals surface area (Å²) < 4.78 is 31.7. The van der Waals surface area contributed by atoms with Gasteiger partial charge in [0.1, 0.15) is 17.5 Å². The zero-order valence-electron chi connectivity index (χ0n) is 24.9. The van der Waals surface area contributed by atoms with Crippen LogP contribution in [0.5, 0.6) is 0 Å². The molecule has 11 nitrogen and oxygen atoms in total. The molecule has 0 radical (unpaired) electrons. The van der Waals surface area contributed by atoms with Gasteiger partial charge in [-0.1, -0.05) is 0 Å². The number of amides is 3. The predicted molar refractivity (Wildman–Crippen MR) is 159 cm³/mol. The molecule has 3 amide bonds. The van der Waals surface area contributed by atoms with E-state index in [1.807, 2.05) is 0 Å². The third kappa shape index (κ3) is 7.57. The molecule has 13 heteroatoms. The fourth-order valence-electron chi connectivity index (χ4n) is 5.90. The number of rotatable bonds is 8. The monoisotopic (exact) mass is 600 g/mol. The molecule has 43 heavy (non-hydrogen) atoms. The Balaban J connectivity index is 1.23.